The van der Waals surface area contributed by atoms with Crippen molar-refractivity contribution in [3.05, 3.63) is 28.8 Å². The molecule has 2 N–H and O–H groups in total. The molecule has 0 unspecified atom stereocenters. The molecular weight excluding hydrogens is 244 g/mol. The third kappa shape index (κ3) is 3.18. The third-order valence-electron chi connectivity index (χ3n) is 3.97. The molecule has 2 nitrogen and oxygen atoms in total. The van der Waals surface area contributed by atoms with Crippen molar-refractivity contribution in [2.45, 2.75) is 38.6 Å². The maximum atomic E-state index is 6.21. The number of benzene rings is 1. The topological polar surface area (TPSA) is 29.3 Å². The van der Waals surface area contributed by atoms with Gasteiger partial charge in [-0.25, -0.2) is 0 Å². The van der Waals surface area contributed by atoms with Crippen LogP contribution >= 0.6 is 11.6 Å². The summed E-state index contributed by atoms with van der Waals surface area (Å²) in [4.78, 5) is 2.32. The van der Waals surface area contributed by atoms with Crippen molar-refractivity contribution in [1.82, 2.24) is 0 Å². The Morgan fingerprint density at radius 2 is 2.00 bits per heavy atom. The fourth-order valence-electron chi connectivity index (χ4n) is 2.96. The number of nitrogens with two attached hydrogens (primary N) is 1. The van der Waals surface area contributed by atoms with Crippen molar-refractivity contribution in [2.75, 3.05) is 18.5 Å². The molecule has 3 heteroatoms. The van der Waals surface area contributed by atoms with Crippen LogP contribution < -0.4 is 10.6 Å². The molecule has 18 heavy (non-hydrogen) atoms. The van der Waals surface area contributed by atoms with E-state index in [0.717, 1.165) is 23.0 Å². The van der Waals surface area contributed by atoms with E-state index >= 15 is 0 Å². The van der Waals surface area contributed by atoms with Gasteiger partial charge in [0.1, 0.15) is 0 Å². The zero-order chi connectivity index (χ0) is 13.0. The molecule has 1 aromatic carbocycles. The lowest BCUT2D eigenvalue weighted by molar-refractivity contribution is 0.362. The molecule has 100 valence electrons. The highest BCUT2D eigenvalue weighted by Gasteiger charge is 2.17. The minimum atomic E-state index is 0.504. The molecule has 1 aliphatic rings. The standard InChI is InChI=1S/C15H23ClN2/c1-18(11-12-6-3-2-4-7-12)15-9-5-8-14(16)13(15)10-17/h5,8-9,12H,2-4,6-7,10-11,17H2,1H3. The zero-order valence-corrected chi connectivity index (χ0v) is 11.9. The third-order valence-corrected chi connectivity index (χ3v) is 4.32. The van der Waals surface area contributed by atoms with E-state index in [-0.39, 0.29) is 0 Å². The first-order valence-corrected chi connectivity index (χ1v) is 7.28. The maximum absolute atomic E-state index is 6.21. The Hall–Kier alpha value is -0.730. The predicted octanol–water partition coefficient (Wildman–Crippen LogP) is 3.82. The summed E-state index contributed by atoms with van der Waals surface area (Å²) in [5.41, 5.74) is 8.07. The second-order valence-electron chi connectivity index (χ2n) is 5.33. The normalized spacial score (nSPS) is 16.8. The van der Waals surface area contributed by atoms with E-state index in [2.05, 4.69) is 18.0 Å². The minimum Gasteiger partial charge on any atom is -0.374 e. The molecule has 0 spiro atoms. The fourth-order valence-corrected chi connectivity index (χ4v) is 3.21. The number of halogens is 1. The molecule has 0 saturated heterocycles. The van der Waals surface area contributed by atoms with Gasteiger partial charge in [0.2, 0.25) is 0 Å². The molecule has 0 heterocycles. The van der Waals surface area contributed by atoms with Crippen LogP contribution in [0.1, 0.15) is 37.7 Å². The van der Waals surface area contributed by atoms with E-state index in [1.807, 2.05) is 12.1 Å². The average molecular weight is 267 g/mol. The van der Waals surface area contributed by atoms with Crippen molar-refractivity contribution >= 4 is 17.3 Å². The lowest BCUT2D eigenvalue weighted by Crippen LogP contribution is -2.28. The van der Waals surface area contributed by atoms with Crippen LogP contribution in [0.2, 0.25) is 5.02 Å². The molecule has 1 fully saturated rings. The van der Waals surface area contributed by atoms with Crippen molar-refractivity contribution in [3.8, 4) is 0 Å². The Labute approximate surface area is 115 Å². The van der Waals surface area contributed by atoms with Gasteiger partial charge < -0.3 is 10.6 Å². The lowest BCUT2D eigenvalue weighted by atomic mass is 9.89. The first-order chi connectivity index (χ1) is 8.72. The second kappa shape index (κ2) is 6.44. The second-order valence-corrected chi connectivity index (χ2v) is 5.73. The van der Waals surface area contributed by atoms with E-state index in [4.69, 9.17) is 17.3 Å². The highest BCUT2D eigenvalue weighted by Crippen LogP contribution is 2.29. The van der Waals surface area contributed by atoms with Gasteiger partial charge in [0.05, 0.1) is 0 Å². The van der Waals surface area contributed by atoms with Gasteiger partial charge in [-0.1, -0.05) is 36.9 Å². The van der Waals surface area contributed by atoms with E-state index in [9.17, 15) is 0 Å². The number of hydrogen-bond acceptors (Lipinski definition) is 2. The van der Waals surface area contributed by atoms with E-state index in [1.54, 1.807) is 0 Å². The van der Waals surface area contributed by atoms with Gasteiger partial charge in [-0.05, 0) is 30.9 Å². The first kappa shape index (κ1) is 13.7. The SMILES string of the molecule is CN(CC1CCCCC1)c1cccc(Cl)c1CN. The quantitative estimate of drug-likeness (QED) is 0.898. The van der Waals surface area contributed by atoms with Crippen LogP contribution in [0.5, 0.6) is 0 Å². The molecule has 0 bridgehead atoms. The molecule has 2 rings (SSSR count). The largest absolute Gasteiger partial charge is 0.374 e. The smallest absolute Gasteiger partial charge is 0.0471 e. The average Bonchev–Trinajstić information content (AvgIpc) is 2.39. The Bertz CT molecular complexity index is 386. The summed E-state index contributed by atoms with van der Waals surface area (Å²) in [7, 11) is 2.15. The van der Waals surface area contributed by atoms with Crippen LogP contribution in [0.25, 0.3) is 0 Å². The van der Waals surface area contributed by atoms with E-state index in [1.165, 1.54) is 37.8 Å². The molecule has 0 atom stereocenters. The van der Waals surface area contributed by atoms with Gasteiger partial charge in [-0.2, -0.15) is 0 Å². The van der Waals surface area contributed by atoms with Crippen molar-refractivity contribution in [3.63, 3.8) is 0 Å². The summed E-state index contributed by atoms with van der Waals surface area (Å²) in [6.07, 6.45) is 6.91. The summed E-state index contributed by atoms with van der Waals surface area (Å²) in [5.74, 6) is 0.827. The summed E-state index contributed by atoms with van der Waals surface area (Å²) in [6, 6.07) is 6.05. The summed E-state index contributed by atoms with van der Waals surface area (Å²) < 4.78 is 0. The van der Waals surface area contributed by atoms with Crippen LogP contribution in [0.4, 0.5) is 5.69 Å². The van der Waals surface area contributed by atoms with Gasteiger partial charge in [0.15, 0.2) is 0 Å². The fraction of sp³-hybridized carbons (Fsp3) is 0.600. The van der Waals surface area contributed by atoms with Crippen molar-refractivity contribution in [2.24, 2.45) is 11.7 Å². The summed E-state index contributed by atoms with van der Waals surface area (Å²) in [5, 5.41) is 0.783. The van der Waals surface area contributed by atoms with Gasteiger partial charge in [-0.3, -0.25) is 0 Å². The monoisotopic (exact) mass is 266 g/mol. The van der Waals surface area contributed by atoms with Gasteiger partial charge in [-0.15, -0.1) is 0 Å². The Kier molecular flexibility index (Phi) is 4.90. The molecule has 1 saturated carbocycles. The molecule has 0 amide bonds. The molecule has 0 radical (unpaired) electrons. The van der Waals surface area contributed by atoms with E-state index in [0.29, 0.717) is 6.54 Å². The van der Waals surface area contributed by atoms with Crippen molar-refractivity contribution < 1.29 is 0 Å². The highest BCUT2D eigenvalue weighted by molar-refractivity contribution is 6.31. The minimum absolute atomic E-state index is 0.504. The lowest BCUT2D eigenvalue weighted by Gasteiger charge is -2.29. The van der Waals surface area contributed by atoms with Crippen LogP contribution in [0.3, 0.4) is 0 Å². The Morgan fingerprint density at radius 1 is 1.28 bits per heavy atom. The zero-order valence-electron chi connectivity index (χ0n) is 11.2. The first-order valence-electron chi connectivity index (χ1n) is 6.91. The van der Waals surface area contributed by atoms with Crippen LogP contribution in [-0.2, 0) is 6.54 Å². The van der Waals surface area contributed by atoms with E-state index < -0.39 is 0 Å². The molecule has 0 aromatic heterocycles. The van der Waals surface area contributed by atoms with Crippen molar-refractivity contribution in [1.29, 1.82) is 0 Å². The highest BCUT2D eigenvalue weighted by atomic mass is 35.5. The molecule has 0 aliphatic heterocycles. The number of anilines is 1. The van der Waals surface area contributed by atoms with Gasteiger partial charge >= 0.3 is 0 Å². The Morgan fingerprint density at radius 3 is 2.67 bits per heavy atom. The molecule has 1 aliphatic carbocycles. The molecule has 1 aromatic rings. The summed E-state index contributed by atoms with van der Waals surface area (Å²) in [6.45, 7) is 1.62. The number of hydrogen-bond donors (Lipinski definition) is 1. The molecular formula is C15H23ClN2. The van der Waals surface area contributed by atoms with Gasteiger partial charge in [0.25, 0.3) is 0 Å². The number of nitrogens with zero attached hydrogens (tertiary/aromatic N) is 1. The van der Waals surface area contributed by atoms with Crippen LogP contribution in [0.15, 0.2) is 18.2 Å². The maximum Gasteiger partial charge on any atom is 0.0471 e. The van der Waals surface area contributed by atoms with Crippen LogP contribution in [-0.4, -0.2) is 13.6 Å². The summed E-state index contributed by atoms with van der Waals surface area (Å²) >= 11 is 6.21. The predicted molar refractivity (Wildman–Crippen MR) is 79.2 cm³/mol. The number of rotatable bonds is 4. The van der Waals surface area contributed by atoms with Crippen LogP contribution in [0, 0.1) is 5.92 Å². The van der Waals surface area contributed by atoms with Gasteiger partial charge in [0, 0.05) is 36.4 Å². The Balaban J connectivity index is 2.07.